The summed E-state index contributed by atoms with van der Waals surface area (Å²) >= 11 is 2.81. The molecule has 1 aromatic carbocycles. The predicted octanol–water partition coefficient (Wildman–Crippen LogP) is 4.62. The van der Waals surface area contributed by atoms with E-state index >= 15 is 0 Å². The van der Waals surface area contributed by atoms with Crippen molar-refractivity contribution in [3.63, 3.8) is 0 Å². The van der Waals surface area contributed by atoms with Gasteiger partial charge in [-0.25, -0.2) is 0 Å². The summed E-state index contributed by atoms with van der Waals surface area (Å²) in [6.45, 7) is 1.91. The molecule has 3 rings (SSSR count). The Bertz CT molecular complexity index is 821. The molecule has 2 N–H and O–H groups in total. The zero-order chi connectivity index (χ0) is 16.2. The van der Waals surface area contributed by atoms with E-state index in [1.807, 2.05) is 29.8 Å². The number of nitrogens with one attached hydrogen (secondary N) is 2. The average Bonchev–Trinajstić information content (AvgIpc) is 3.20. The third-order valence-electron chi connectivity index (χ3n) is 3.21. The van der Waals surface area contributed by atoms with Crippen molar-refractivity contribution in [2.45, 2.75) is 6.92 Å². The summed E-state index contributed by atoms with van der Waals surface area (Å²) in [5.41, 5.74) is 2.35. The molecule has 0 bridgehead atoms. The zero-order valence-corrected chi connectivity index (χ0v) is 14.0. The highest BCUT2D eigenvalue weighted by atomic mass is 32.1. The molecule has 0 fully saturated rings. The van der Waals surface area contributed by atoms with Crippen molar-refractivity contribution in [1.29, 1.82) is 0 Å². The molecule has 6 heteroatoms. The fourth-order valence-electron chi connectivity index (χ4n) is 2.03. The number of benzene rings is 1. The first kappa shape index (κ1) is 15.5. The van der Waals surface area contributed by atoms with Gasteiger partial charge in [-0.2, -0.15) is 0 Å². The summed E-state index contributed by atoms with van der Waals surface area (Å²) in [6, 6.07) is 12.6. The third-order valence-corrected chi connectivity index (χ3v) is 5.10. The lowest BCUT2D eigenvalue weighted by Gasteiger charge is -2.07. The normalized spacial score (nSPS) is 10.3. The maximum absolute atomic E-state index is 12.1. The summed E-state index contributed by atoms with van der Waals surface area (Å²) in [5.74, 6) is -0.251. The number of thiophene rings is 2. The molecule has 0 aliphatic rings. The van der Waals surface area contributed by atoms with Gasteiger partial charge in [0.05, 0.1) is 9.75 Å². The largest absolute Gasteiger partial charge is 0.321 e. The van der Waals surface area contributed by atoms with Crippen LogP contribution < -0.4 is 10.6 Å². The lowest BCUT2D eigenvalue weighted by Crippen LogP contribution is -2.12. The quantitative estimate of drug-likeness (QED) is 0.727. The Morgan fingerprint density at radius 3 is 2.00 bits per heavy atom. The molecule has 0 aliphatic carbocycles. The number of carbonyl (C=O) groups excluding carboxylic acids is 2. The van der Waals surface area contributed by atoms with E-state index in [9.17, 15) is 9.59 Å². The van der Waals surface area contributed by atoms with Crippen LogP contribution in [0.3, 0.4) is 0 Å². The van der Waals surface area contributed by atoms with Crippen LogP contribution in [0.25, 0.3) is 0 Å². The third kappa shape index (κ3) is 3.67. The number of amides is 2. The van der Waals surface area contributed by atoms with Gasteiger partial charge in [0.15, 0.2) is 0 Å². The Morgan fingerprint density at radius 2 is 1.48 bits per heavy atom. The topological polar surface area (TPSA) is 58.2 Å². The predicted molar refractivity (Wildman–Crippen MR) is 95.7 cm³/mol. The van der Waals surface area contributed by atoms with Crippen LogP contribution in [-0.2, 0) is 0 Å². The lowest BCUT2D eigenvalue weighted by molar-refractivity contribution is 0.102. The second-order valence-electron chi connectivity index (χ2n) is 4.90. The minimum atomic E-state index is -0.133. The number of carbonyl (C=O) groups is 2. The van der Waals surface area contributed by atoms with Gasteiger partial charge in [-0.05, 0) is 59.6 Å². The highest BCUT2D eigenvalue weighted by molar-refractivity contribution is 7.12. The molecular weight excluding hydrogens is 328 g/mol. The molecule has 0 spiro atoms. The Labute approximate surface area is 141 Å². The molecule has 0 atom stereocenters. The standard InChI is InChI=1S/C17H14N2O2S2/c1-11-8-10-23-15(11)17(21)19-13-6-4-12(5-7-13)18-16(20)14-3-2-9-22-14/h2-10H,1H3,(H,18,20)(H,19,21). The van der Waals surface area contributed by atoms with Crippen LogP contribution in [-0.4, -0.2) is 11.8 Å². The second-order valence-corrected chi connectivity index (χ2v) is 6.76. The Kier molecular flexibility index (Phi) is 4.55. The molecule has 0 unspecified atom stereocenters. The van der Waals surface area contributed by atoms with Crippen LogP contribution in [0.1, 0.15) is 24.9 Å². The minimum absolute atomic E-state index is 0.118. The van der Waals surface area contributed by atoms with Crippen molar-refractivity contribution >= 4 is 45.9 Å². The average molecular weight is 342 g/mol. The van der Waals surface area contributed by atoms with Crippen LogP contribution >= 0.6 is 22.7 Å². The molecule has 116 valence electrons. The van der Waals surface area contributed by atoms with Crippen LogP contribution in [0.5, 0.6) is 0 Å². The first-order valence-corrected chi connectivity index (χ1v) is 8.70. The van der Waals surface area contributed by atoms with Gasteiger partial charge in [-0.3, -0.25) is 9.59 Å². The molecular formula is C17H14N2O2S2. The summed E-state index contributed by atoms with van der Waals surface area (Å²) in [4.78, 5) is 25.5. The summed E-state index contributed by atoms with van der Waals surface area (Å²) in [5, 5.41) is 9.43. The molecule has 0 saturated carbocycles. The number of rotatable bonds is 4. The van der Waals surface area contributed by atoms with E-state index in [0.29, 0.717) is 21.1 Å². The fraction of sp³-hybridized carbons (Fsp3) is 0.0588. The maximum atomic E-state index is 12.1. The van der Waals surface area contributed by atoms with E-state index < -0.39 is 0 Å². The van der Waals surface area contributed by atoms with Crippen molar-refractivity contribution in [3.05, 3.63) is 68.5 Å². The molecule has 2 amide bonds. The van der Waals surface area contributed by atoms with E-state index in [4.69, 9.17) is 0 Å². The molecule has 0 radical (unpaired) electrons. The van der Waals surface area contributed by atoms with Gasteiger partial charge in [-0.15, -0.1) is 22.7 Å². The van der Waals surface area contributed by atoms with Crippen molar-refractivity contribution in [2.24, 2.45) is 0 Å². The van der Waals surface area contributed by atoms with Gasteiger partial charge in [0, 0.05) is 11.4 Å². The SMILES string of the molecule is Cc1ccsc1C(=O)Nc1ccc(NC(=O)c2cccs2)cc1. The van der Waals surface area contributed by atoms with E-state index in [0.717, 1.165) is 5.56 Å². The molecule has 0 aliphatic heterocycles. The first-order valence-electron chi connectivity index (χ1n) is 6.94. The van der Waals surface area contributed by atoms with Crippen molar-refractivity contribution in [3.8, 4) is 0 Å². The van der Waals surface area contributed by atoms with E-state index in [1.54, 1.807) is 30.3 Å². The van der Waals surface area contributed by atoms with Crippen LogP contribution in [0.15, 0.2) is 53.2 Å². The summed E-state index contributed by atoms with van der Waals surface area (Å²) in [7, 11) is 0. The smallest absolute Gasteiger partial charge is 0.265 e. The number of hydrogen-bond donors (Lipinski definition) is 2. The highest BCUT2D eigenvalue weighted by Gasteiger charge is 2.11. The van der Waals surface area contributed by atoms with Crippen LogP contribution in [0, 0.1) is 6.92 Å². The van der Waals surface area contributed by atoms with E-state index in [2.05, 4.69) is 10.6 Å². The number of anilines is 2. The molecule has 0 saturated heterocycles. The van der Waals surface area contributed by atoms with Crippen LogP contribution in [0.2, 0.25) is 0 Å². The minimum Gasteiger partial charge on any atom is -0.321 e. The van der Waals surface area contributed by atoms with Gasteiger partial charge in [-0.1, -0.05) is 6.07 Å². The van der Waals surface area contributed by atoms with Gasteiger partial charge < -0.3 is 10.6 Å². The summed E-state index contributed by atoms with van der Waals surface area (Å²) in [6.07, 6.45) is 0. The van der Waals surface area contributed by atoms with E-state index in [1.165, 1.54) is 22.7 Å². The molecule has 3 aromatic rings. The molecule has 2 aromatic heterocycles. The highest BCUT2D eigenvalue weighted by Crippen LogP contribution is 2.20. The number of hydrogen-bond acceptors (Lipinski definition) is 4. The Morgan fingerprint density at radius 1 is 0.826 bits per heavy atom. The van der Waals surface area contributed by atoms with Gasteiger partial charge in [0.25, 0.3) is 11.8 Å². The Balaban J connectivity index is 1.64. The van der Waals surface area contributed by atoms with Gasteiger partial charge >= 0.3 is 0 Å². The van der Waals surface area contributed by atoms with Gasteiger partial charge in [0.1, 0.15) is 0 Å². The summed E-state index contributed by atoms with van der Waals surface area (Å²) < 4.78 is 0. The second kappa shape index (κ2) is 6.76. The van der Waals surface area contributed by atoms with Gasteiger partial charge in [0.2, 0.25) is 0 Å². The van der Waals surface area contributed by atoms with E-state index in [-0.39, 0.29) is 11.8 Å². The Hall–Kier alpha value is -2.44. The van der Waals surface area contributed by atoms with Crippen molar-refractivity contribution in [2.75, 3.05) is 10.6 Å². The van der Waals surface area contributed by atoms with Crippen molar-refractivity contribution < 1.29 is 9.59 Å². The zero-order valence-electron chi connectivity index (χ0n) is 12.3. The van der Waals surface area contributed by atoms with Crippen molar-refractivity contribution in [1.82, 2.24) is 0 Å². The lowest BCUT2D eigenvalue weighted by atomic mass is 10.2. The molecule has 23 heavy (non-hydrogen) atoms. The number of aryl methyl sites for hydroxylation is 1. The first-order chi connectivity index (χ1) is 11.1. The maximum Gasteiger partial charge on any atom is 0.265 e. The monoisotopic (exact) mass is 342 g/mol. The molecule has 2 heterocycles. The van der Waals surface area contributed by atoms with Crippen LogP contribution in [0.4, 0.5) is 11.4 Å². The fourth-order valence-corrected chi connectivity index (χ4v) is 3.47. The molecule has 4 nitrogen and oxygen atoms in total.